The van der Waals surface area contributed by atoms with Crippen LogP contribution in [0, 0.1) is 11.8 Å². The number of thiophene rings is 1. The number of aliphatic hydroxyl groups excluding tert-OH is 1. The summed E-state index contributed by atoms with van der Waals surface area (Å²) in [6.45, 7) is 5.05. The first kappa shape index (κ1) is 16.5. The van der Waals surface area contributed by atoms with Crippen molar-refractivity contribution in [2.45, 2.75) is 31.4 Å². The summed E-state index contributed by atoms with van der Waals surface area (Å²) < 4.78 is 5.44. The number of nitrogens with zero attached hydrogens (tertiary/aromatic N) is 2. The van der Waals surface area contributed by atoms with Gasteiger partial charge in [-0.25, -0.2) is 0 Å². The summed E-state index contributed by atoms with van der Waals surface area (Å²) in [5.74, 6) is 1.23. The monoisotopic (exact) mass is 350 g/mol. The molecule has 1 aromatic heterocycles. The normalized spacial score (nSPS) is 34.3. The Labute approximate surface area is 147 Å². The molecule has 1 amide bonds. The molecule has 0 radical (unpaired) electrons. The van der Waals surface area contributed by atoms with E-state index in [-0.39, 0.29) is 18.1 Å². The van der Waals surface area contributed by atoms with E-state index in [1.807, 2.05) is 16.3 Å². The minimum Gasteiger partial charge on any atom is -0.391 e. The Morgan fingerprint density at radius 2 is 2.00 bits per heavy atom. The average Bonchev–Trinajstić information content (AvgIpc) is 3.24. The number of amides is 1. The Balaban J connectivity index is 1.37. The van der Waals surface area contributed by atoms with Crippen molar-refractivity contribution in [3.8, 4) is 0 Å². The zero-order chi connectivity index (χ0) is 16.5. The Bertz CT molecular complexity index is 559. The molecule has 3 heterocycles. The van der Waals surface area contributed by atoms with Crippen LogP contribution in [0.3, 0.4) is 0 Å². The van der Waals surface area contributed by atoms with Gasteiger partial charge >= 0.3 is 0 Å². The highest BCUT2D eigenvalue weighted by Crippen LogP contribution is 2.38. The molecule has 0 bridgehead atoms. The number of carbonyl (C=O) groups excluding carboxylic acids is 1. The maximum Gasteiger partial charge on any atom is 0.227 e. The molecule has 2 saturated heterocycles. The number of rotatable bonds is 3. The molecule has 5 nitrogen and oxygen atoms in total. The van der Waals surface area contributed by atoms with Gasteiger partial charge in [0.1, 0.15) is 0 Å². The molecule has 6 heteroatoms. The molecule has 132 valence electrons. The second-order valence-electron chi connectivity index (χ2n) is 7.38. The molecule has 4 atom stereocenters. The zero-order valence-electron chi connectivity index (χ0n) is 14.0. The van der Waals surface area contributed by atoms with Crippen LogP contribution in [-0.2, 0) is 16.0 Å². The summed E-state index contributed by atoms with van der Waals surface area (Å²) in [5.41, 5.74) is 1.12. The molecule has 0 spiro atoms. The van der Waals surface area contributed by atoms with Gasteiger partial charge in [-0.15, -0.1) is 0 Å². The van der Waals surface area contributed by atoms with E-state index < -0.39 is 0 Å². The van der Waals surface area contributed by atoms with E-state index in [4.69, 9.17) is 4.74 Å². The van der Waals surface area contributed by atoms with E-state index in [1.54, 1.807) is 11.3 Å². The molecule has 2 aliphatic heterocycles. The van der Waals surface area contributed by atoms with Gasteiger partial charge < -0.3 is 14.7 Å². The van der Waals surface area contributed by atoms with Crippen LogP contribution >= 0.6 is 11.3 Å². The van der Waals surface area contributed by atoms with E-state index in [2.05, 4.69) is 10.3 Å². The summed E-state index contributed by atoms with van der Waals surface area (Å²) in [6, 6.07) is 2.27. The lowest BCUT2D eigenvalue weighted by atomic mass is 9.77. The Kier molecular flexibility index (Phi) is 4.90. The van der Waals surface area contributed by atoms with Gasteiger partial charge in [-0.05, 0) is 47.1 Å². The molecule has 1 aliphatic carbocycles. The molecule has 4 rings (SSSR count). The first-order valence-electron chi connectivity index (χ1n) is 8.99. The summed E-state index contributed by atoms with van der Waals surface area (Å²) in [4.78, 5) is 17.0. The van der Waals surface area contributed by atoms with Crippen LogP contribution in [0.5, 0.6) is 0 Å². The number of morpholine rings is 1. The maximum absolute atomic E-state index is 12.6. The quantitative estimate of drug-likeness (QED) is 0.891. The maximum atomic E-state index is 12.6. The van der Waals surface area contributed by atoms with Gasteiger partial charge in [0.05, 0.1) is 25.7 Å². The largest absolute Gasteiger partial charge is 0.391 e. The van der Waals surface area contributed by atoms with Gasteiger partial charge in [0, 0.05) is 32.2 Å². The summed E-state index contributed by atoms with van der Waals surface area (Å²) >= 11 is 1.64. The number of hydrogen-bond donors (Lipinski definition) is 1. The predicted octanol–water partition coefficient (Wildman–Crippen LogP) is 1.22. The van der Waals surface area contributed by atoms with Gasteiger partial charge in [-0.3, -0.25) is 9.69 Å². The van der Waals surface area contributed by atoms with Crippen molar-refractivity contribution >= 4 is 17.2 Å². The third-order valence-electron chi connectivity index (χ3n) is 5.91. The van der Waals surface area contributed by atoms with Crippen LogP contribution in [-0.4, -0.2) is 72.4 Å². The number of likely N-dealkylation sites (tertiary alicyclic amines) is 1. The Morgan fingerprint density at radius 1 is 1.25 bits per heavy atom. The predicted molar refractivity (Wildman–Crippen MR) is 93.0 cm³/mol. The van der Waals surface area contributed by atoms with Crippen molar-refractivity contribution in [3.05, 3.63) is 22.4 Å². The highest BCUT2D eigenvalue weighted by atomic mass is 32.1. The first-order chi connectivity index (χ1) is 11.7. The van der Waals surface area contributed by atoms with Gasteiger partial charge in [-0.1, -0.05) is 0 Å². The van der Waals surface area contributed by atoms with Crippen LogP contribution in [0.15, 0.2) is 16.8 Å². The zero-order valence-corrected chi connectivity index (χ0v) is 14.8. The number of hydrogen-bond acceptors (Lipinski definition) is 5. The molecule has 3 fully saturated rings. The molecule has 3 aliphatic rings. The van der Waals surface area contributed by atoms with E-state index in [0.29, 0.717) is 18.3 Å². The topological polar surface area (TPSA) is 53.0 Å². The van der Waals surface area contributed by atoms with Crippen LogP contribution in [0.2, 0.25) is 0 Å². The highest BCUT2D eigenvalue weighted by molar-refractivity contribution is 7.07. The summed E-state index contributed by atoms with van der Waals surface area (Å²) in [7, 11) is 0. The van der Waals surface area contributed by atoms with Crippen LogP contribution in [0.1, 0.15) is 18.4 Å². The fourth-order valence-electron chi connectivity index (χ4n) is 4.59. The van der Waals surface area contributed by atoms with Crippen molar-refractivity contribution in [1.82, 2.24) is 9.80 Å². The lowest BCUT2D eigenvalue weighted by Gasteiger charge is -2.43. The molecule has 1 N–H and O–H groups in total. The third-order valence-corrected chi connectivity index (χ3v) is 6.64. The Morgan fingerprint density at radius 3 is 2.71 bits per heavy atom. The smallest absolute Gasteiger partial charge is 0.227 e. The first-order valence-corrected chi connectivity index (χ1v) is 9.93. The van der Waals surface area contributed by atoms with Gasteiger partial charge in [0.25, 0.3) is 0 Å². The molecular weight excluding hydrogens is 324 g/mol. The van der Waals surface area contributed by atoms with Gasteiger partial charge in [-0.2, -0.15) is 11.3 Å². The molecule has 0 unspecified atom stereocenters. The molecule has 0 aromatic carbocycles. The summed E-state index contributed by atoms with van der Waals surface area (Å²) in [5, 5.41) is 14.7. The van der Waals surface area contributed by atoms with Crippen molar-refractivity contribution in [3.63, 3.8) is 0 Å². The fourth-order valence-corrected chi connectivity index (χ4v) is 5.26. The number of carbonyl (C=O) groups is 1. The van der Waals surface area contributed by atoms with Gasteiger partial charge in [0.15, 0.2) is 0 Å². The third kappa shape index (κ3) is 3.38. The van der Waals surface area contributed by atoms with Crippen LogP contribution < -0.4 is 0 Å². The Hall–Kier alpha value is -0.950. The van der Waals surface area contributed by atoms with E-state index in [1.165, 1.54) is 0 Å². The lowest BCUT2D eigenvalue weighted by molar-refractivity contribution is -0.129. The molecule has 24 heavy (non-hydrogen) atoms. The minimum atomic E-state index is -0.267. The van der Waals surface area contributed by atoms with Crippen molar-refractivity contribution in [2.24, 2.45) is 11.8 Å². The van der Waals surface area contributed by atoms with Crippen molar-refractivity contribution in [1.29, 1.82) is 0 Å². The SMILES string of the molecule is O=C(Cc1ccsc1)N1C[C@H]2C[C@@H](N3CCOCC3)[C@H](O)C[C@H]2C1. The number of fused-ring (bicyclic) bond motifs is 1. The second kappa shape index (κ2) is 7.12. The number of aliphatic hydroxyl groups is 1. The fraction of sp³-hybridized carbons (Fsp3) is 0.722. The van der Waals surface area contributed by atoms with Crippen LogP contribution in [0.25, 0.3) is 0 Å². The minimum absolute atomic E-state index is 0.236. The average molecular weight is 350 g/mol. The standard InChI is InChI=1S/C18H26N2O3S/c21-17-9-15-11-20(18(22)7-13-1-6-24-12-13)10-14(15)8-16(17)19-2-4-23-5-3-19/h1,6,12,14-17,21H,2-5,7-11H2/t14-,15+,16-,17-/m1/s1. The van der Waals surface area contributed by atoms with E-state index in [9.17, 15) is 9.90 Å². The van der Waals surface area contributed by atoms with Crippen LogP contribution in [0.4, 0.5) is 0 Å². The molecule has 1 aromatic rings. The van der Waals surface area contributed by atoms with Gasteiger partial charge in [0.2, 0.25) is 5.91 Å². The lowest BCUT2D eigenvalue weighted by Crippen LogP contribution is -2.53. The molecule has 1 saturated carbocycles. The van der Waals surface area contributed by atoms with E-state index >= 15 is 0 Å². The molecular formula is C18H26N2O3S. The summed E-state index contributed by atoms with van der Waals surface area (Å²) in [6.07, 6.45) is 2.08. The second-order valence-corrected chi connectivity index (χ2v) is 8.16. The number of ether oxygens (including phenoxy) is 1. The van der Waals surface area contributed by atoms with E-state index in [0.717, 1.165) is 57.8 Å². The highest BCUT2D eigenvalue weighted by Gasteiger charge is 2.44. The van der Waals surface area contributed by atoms with Crippen molar-refractivity contribution in [2.75, 3.05) is 39.4 Å². The van der Waals surface area contributed by atoms with Crippen molar-refractivity contribution < 1.29 is 14.6 Å².